The molecule has 0 aliphatic carbocycles. The van der Waals surface area contributed by atoms with Crippen molar-refractivity contribution in [2.75, 3.05) is 50.0 Å². The van der Waals surface area contributed by atoms with Crippen LogP contribution in [-0.4, -0.2) is 71.7 Å². The maximum absolute atomic E-state index is 11.8. The van der Waals surface area contributed by atoms with Crippen LogP contribution < -0.4 is 15.5 Å². The van der Waals surface area contributed by atoms with Crippen LogP contribution >= 0.6 is 0 Å². The van der Waals surface area contributed by atoms with Gasteiger partial charge in [-0.2, -0.15) is 0 Å². The van der Waals surface area contributed by atoms with Crippen molar-refractivity contribution in [2.24, 2.45) is 0 Å². The summed E-state index contributed by atoms with van der Waals surface area (Å²) in [5.74, 6) is 0. The summed E-state index contributed by atoms with van der Waals surface area (Å²) in [7, 11) is 2.16. The summed E-state index contributed by atoms with van der Waals surface area (Å²) < 4.78 is 2.09. The van der Waals surface area contributed by atoms with Crippen LogP contribution in [0.3, 0.4) is 0 Å². The first-order chi connectivity index (χ1) is 15.0. The molecule has 1 aliphatic heterocycles. The molecule has 3 aromatic rings. The smallest absolute Gasteiger partial charge is 0.319 e. The van der Waals surface area contributed by atoms with Crippen LogP contribution in [0.4, 0.5) is 16.2 Å². The molecule has 1 saturated heterocycles. The molecule has 0 spiro atoms. The number of nitrogens with one attached hydrogen (secondary N) is 2. The number of urea groups is 1. The first-order valence-electron chi connectivity index (χ1n) is 10.2. The Bertz CT molecular complexity index is 1030. The second-order valence-electron chi connectivity index (χ2n) is 7.22. The van der Waals surface area contributed by atoms with E-state index in [0.29, 0.717) is 6.54 Å². The molecule has 2 amide bonds. The summed E-state index contributed by atoms with van der Waals surface area (Å²) in [5, 5.41) is 12.5. The van der Waals surface area contributed by atoms with Crippen LogP contribution in [-0.2, 0) is 4.79 Å². The van der Waals surface area contributed by atoms with Crippen LogP contribution in [0.1, 0.15) is 6.92 Å². The van der Waals surface area contributed by atoms with Crippen LogP contribution in [0.15, 0.2) is 48.8 Å². The van der Waals surface area contributed by atoms with Crippen molar-refractivity contribution >= 4 is 29.5 Å². The molecule has 2 aromatic heterocycles. The molecule has 31 heavy (non-hydrogen) atoms. The maximum Gasteiger partial charge on any atom is 0.319 e. The van der Waals surface area contributed by atoms with E-state index in [2.05, 4.69) is 55.2 Å². The summed E-state index contributed by atoms with van der Waals surface area (Å²) in [6.45, 7) is 6.47. The van der Waals surface area contributed by atoms with E-state index in [9.17, 15) is 4.79 Å². The molecule has 1 aromatic carbocycles. The first-order valence-corrected chi connectivity index (χ1v) is 10.2. The van der Waals surface area contributed by atoms with Crippen molar-refractivity contribution < 1.29 is 14.7 Å². The van der Waals surface area contributed by atoms with Crippen LogP contribution in [0, 0.1) is 0 Å². The van der Waals surface area contributed by atoms with E-state index < -0.39 is 0 Å². The van der Waals surface area contributed by atoms with Gasteiger partial charge in [0.2, 0.25) is 0 Å². The SMILES string of the molecule is CCNC(=O)Nc1cccc(-c2cnc3cc(N4CCN(C)CC4)ccn23)c1.O=CO. The fourth-order valence-corrected chi connectivity index (χ4v) is 3.54. The molecule has 0 bridgehead atoms. The van der Waals surface area contributed by atoms with Crippen molar-refractivity contribution in [2.45, 2.75) is 6.92 Å². The Morgan fingerprint density at radius 3 is 2.65 bits per heavy atom. The third-order valence-electron chi connectivity index (χ3n) is 5.12. The molecule has 0 atom stereocenters. The number of piperazine rings is 1. The minimum absolute atomic E-state index is 0.199. The third kappa shape index (κ3) is 5.52. The van der Waals surface area contributed by atoms with E-state index in [-0.39, 0.29) is 12.5 Å². The van der Waals surface area contributed by atoms with Crippen molar-refractivity contribution in [3.63, 3.8) is 0 Å². The average molecular weight is 425 g/mol. The zero-order valence-corrected chi connectivity index (χ0v) is 17.8. The van der Waals surface area contributed by atoms with Gasteiger partial charge in [-0.25, -0.2) is 9.78 Å². The van der Waals surface area contributed by atoms with Crippen LogP contribution in [0.5, 0.6) is 0 Å². The number of likely N-dealkylation sites (N-methyl/N-ethyl adjacent to an activating group) is 1. The van der Waals surface area contributed by atoms with Crippen molar-refractivity contribution in [3.8, 4) is 11.3 Å². The number of aromatic nitrogens is 2. The second kappa shape index (κ2) is 10.4. The number of nitrogens with zero attached hydrogens (tertiary/aromatic N) is 4. The van der Waals surface area contributed by atoms with Crippen molar-refractivity contribution in [1.82, 2.24) is 19.6 Å². The highest BCUT2D eigenvalue weighted by molar-refractivity contribution is 5.90. The van der Waals surface area contributed by atoms with Gasteiger partial charge in [0.25, 0.3) is 6.47 Å². The number of pyridine rings is 1. The third-order valence-corrected chi connectivity index (χ3v) is 5.12. The van der Waals surface area contributed by atoms with Crippen LogP contribution in [0.2, 0.25) is 0 Å². The molecule has 0 radical (unpaired) electrons. The van der Waals surface area contributed by atoms with Gasteiger partial charge in [0.05, 0.1) is 11.9 Å². The summed E-state index contributed by atoms with van der Waals surface area (Å²) in [6, 6.07) is 11.9. The normalized spacial score (nSPS) is 13.9. The Morgan fingerprint density at radius 2 is 1.94 bits per heavy atom. The quantitative estimate of drug-likeness (QED) is 0.557. The van der Waals surface area contributed by atoms with Gasteiger partial charge in [-0.15, -0.1) is 0 Å². The lowest BCUT2D eigenvalue weighted by Crippen LogP contribution is -2.44. The highest BCUT2D eigenvalue weighted by Crippen LogP contribution is 2.26. The average Bonchev–Trinajstić information content (AvgIpc) is 3.18. The number of hydrogen-bond donors (Lipinski definition) is 3. The van der Waals surface area contributed by atoms with Crippen LogP contribution in [0.25, 0.3) is 16.9 Å². The summed E-state index contributed by atoms with van der Waals surface area (Å²) in [5.41, 5.74) is 4.90. The number of carboxylic acid groups (broad SMARTS) is 1. The number of fused-ring (bicyclic) bond motifs is 1. The second-order valence-corrected chi connectivity index (χ2v) is 7.22. The van der Waals surface area contributed by atoms with E-state index in [1.165, 1.54) is 5.69 Å². The van der Waals surface area contributed by atoms with Gasteiger partial charge in [-0.1, -0.05) is 12.1 Å². The van der Waals surface area contributed by atoms with Gasteiger partial charge in [-0.05, 0) is 32.2 Å². The number of amides is 2. The van der Waals surface area contributed by atoms with Gasteiger partial charge in [0.1, 0.15) is 5.65 Å². The predicted octanol–water partition coefficient (Wildman–Crippen LogP) is 2.60. The lowest BCUT2D eigenvalue weighted by Gasteiger charge is -2.34. The number of hydrogen-bond acceptors (Lipinski definition) is 5. The molecule has 9 heteroatoms. The highest BCUT2D eigenvalue weighted by Gasteiger charge is 2.15. The standard InChI is InChI=1S/C21H26N6O.CH2O2/c1-3-22-21(28)24-17-6-4-5-16(13-17)19-15-23-20-14-18(7-8-27(19)20)26-11-9-25(2)10-12-26;2-1-3/h4-8,13-15H,3,9-12H2,1-2H3,(H2,22,24,28);1H,(H,2,3). The first kappa shape index (κ1) is 22.1. The van der Waals surface area contributed by atoms with Crippen molar-refractivity contribution in [3.05, 3.63) is 48.8 Å². The molecule has 164 valence electrons. The molecule has 1 aliphatic rings. The largest absolute Gasteiger partial charge is 0.483 e. The molecule has 0 saturated carbocycles. The van der Waals surface area contributed by atoms with Gasteiger partial charge in [-0.3, -0.25) is 9.20 Å². The zero-order chi connectivity index (χ0) is 22.2. The molecule has 0 unspecified atom stereocenters. The van der Waals surface area contributed by atoms with Crippen molar-refractivity contribution in [1.29, 1.82) is 0 Å². The zero-order valence-electron chi connectivity index (χ0n) is 17.8. The molecule has 9 nitrogen and oxygen atoms in total. The Morgan fingerprint density at radius 1 is 1.19 bits per heavy atom. The topological polar surface area (TPSA) is 102 Å². The molecule has 1 fully saturated rings. The Kier molecular flexibility index (Phi) is 7.45. The van der Waals surface area contributed by atoms with E-state index in [1.807, 2.05) is 37.4 Å². The Hall–Kier alpha value is -3.59. The lowest BCUT2D eigenvalue weighted by molar-refractivity contribution is -0.122. The summed E-state index contributed by atoms with van der Waals surface area (Å²) in [4.78, 5) is 29.5. The molecular weight excluding hydrogens is 396 g/mol. The summed E-state index contributed by atoms with van der Waals surface area (Å²) >= 11 is 0. The van der Waals surface area contributed by atoms with E-state index in [4.69, 9.17) is 9.90 Å². The number of carbonyl (C=O) groups is 2. The number of carbonyl (C=O) groups excluding carboxylic acids is 1. The van der Waals surface area contributed by atoms with E-state index >= 15 is 0 Å². The number of rotatable bonds is 4. The highest BCUT2D eigenvalue weighted by atomic mass is 16.3. The Balaban J connectivity index is 0.000000858. The molecular formula is C22H28N6O3. The number of anilines is 2. The van der Waals surface area contributed by atoms with Gasteiger partial charge >= 0.3 is 6.03 Å². The van der Waals surface area contributed by atoms with Gasteiger partial charge in [0, 0.05) is 61.9 Å². The fraction of sp³-hybridized carbons (Fsp3) is 0.318. The molecule has 3 heterocycles. The predicted molar refractivity (Wildman–Crippen MR) is 122 cm³/mol. The minimum atomic E-state index is -0.250. The summed E-state index contributed by atoms with van der Waals surface area (Å²) in [6.07, 6.45) is 3.96. The maximum atomic E-state index is 11.8. The molecule has 4 rings (SSSR count). The van der Waals surface area contributed by atoms with Gasteiger partial charge < -0.3 is 25.5 Å². The number of imidazole rings is 1. The monoisotopic (exact) mass is 424 g/mol. The molecule has 3 N–H and O–H groups in total. The minimum Gasteiger partial charge on any atom is -0.483 e. The fourth-order valence-electron chi connectivity index (χ4n) is 3.54. The van der Waals surface area contributed by atoms with E-state index in [1.54, 1.807) is 0 Å². The lowest BCUT2D eigenvalue weighted by atomic mass is 10.1. The van der Waals surface area contributed by atoms with Gasteiger partial charge in [0.15, 0.2) is 0 Å². The number of benzene rings is 1. The van der Waals surface area contributed by atoms with E-state index in [0.717, 1.165) is 48.8 Å². The Labute approximate surface area is 181 Å².